The number of aromatic nitrogens is 3. The molecule has 4 aromatic rings. The van der Waals surface area contributed by atoms with Crippen LogP contribution in [0.25, 0.3) is 11.4 Å². The van der Waals surface area contributed by atoms with Crippen molar-refractivity contribution >= 4 is 58.6 Å². The van der Waals surface area contributed by atoms with Crippen LogP contribution >= 0.6 is 34.8 Å². The molecule has 0 aliphatic heterocycles. The number of anilines is 3. The SMILES string of the molecule is FC(F)(F)Oc1ccc(C=NNc2nc(Nc3ccc(Cl)cc3)nc(-c3c(Cl)cccc3Cl)n2)cc1. The van der Waals surface area contributed by atoms with E-state index in [1.807, 2.05) is 0 Å². The lowest BCUT2D eigenvalue weighted by molar-refractivity contribution is -0.274. The minimum absolute atomic E-state index is 0.0562. The maximum absolute atomic E-state index is 12.3. The number of alkyl halides is 3. The zero-order chi connectivity index (χ0) is 25.7. The molecule has 0 radical (unpaired) electrons. The second-order valence-corrected chi connectivity index (χ2v) is 8.27. The van der Waals surface area contributed by atoms with Crippen molar-refractivity contribution < 1.29 is 17.9 Å². The molecule has 0 unspecified atom stereocenters. The van der Waals surface area contributed by atoms with Crippen LogP contribution < -0.4 is 15.5 Å². The number of hydrogen-bond donors (Lipinski definition) is 2. The van der Waals surface area contributed by atoms with Gasteiger partial charge in [0.15, 0.2) is 5.82 Å². The molecule has 2 N–H and O–H groups in total. The summed E-state index contributed by atoms with van der Waals surface area (Å²) in [4.78, 5) is 13.1. The van der Waals surface area contributed by atoms with E-state index in [9.17, 15) is 13.2 Å². The molecule has 3 aromatic carbocycles. The predicted octanol–water partition coefficient (Wildman–Crippen LogP) is 7.59. The highest BCUT2D eigenvalue weighted by molar-refractivity contribution is 6.39. The van der Waals surface area contributed by atoms with Crippen molar-refractivity contribution in [2.24, 2.45) is 5.10 Å². The van der Waals surface area contributed by atoms with Gasteiger partial charge in [0, 0.05) is 10.7 Å². The number of rotatable bonds is 7. The van der Waals surface area contributed by atoms with E-state index in [-0.39, 0.29) is 23.5 Å². The predicted molar refractivity (Wildman–Crippen MR) is 134 cm³/mol. The van der Waals surface area contributed by atoms with Crippen LogP contribution in [0.5, 0.6) is 5.75 Å². The first kappa shape index (κ1) is 25.5. The topological polar surface area (TPSA) is 84.3 Å². The summed E-state index contributed by atoms with van der Waals surface area (Å²) in [7, 11) is 0. The molecule has 36 heavy (non-hydrogen) atoms. The van der Waals surface area contributed by atoms with Gasteiger partial charge in [-0.15, -0.1) is 13.2 Å². The highest BCUT2D eigenvalue weighted by Gasteiger charge is 2.30. The Morgan fingerprint density at radius 1 is 0.806 bits per heavy atom. The number of nitrogens with zero attached hydrogens (tertiary/aromatic N) is 4. The van der Waals surface area contributed by atoms with Gasteiger partial charge in [-0.3, -0.25) is 0 Å². The standard InChI is InChI=1S/C23H14Cl3F3N6O/c24-14-6-8-15(9-7-14)31-21-32-20(19-17(25)2-1-3-18(19)26)33-22(34-21)35-30-12-13-4-10-16(11-5-13)36-23(27,28)29/h1-12H,(H2,31,32,33,34,35). The fraction of sp³-hybridized carbons (Fsp3) is 0.0435. The number of benzene rings is 3. The second-order valence-electron chi connectivity index (χ2n) is 7.02. The molecule has 1 heterocycles. The molecule has 7 nitrogen and oxygen atoms in total. The minimum Gasteiger partial charge on any atom is -0.406 e. The maximum Gasteiger partial charge on any atom is 0.573 e. The van der Waals surface area contributed by atoms with E-state index in [1.54, 1.807) is 42.5 Å². The molecule has 4 rings (SSSR count). The zero-order valence-electron chi connectivity index (χ0n) is 17.9. The van der Waals surface area contributed by atoms with Crippen molar-refractivity contribution in [3.8, 4) is 17.1 Å². The lowest BCUT2D eigenvalue weighted by Crippen LogP contribution is -2.17. The normalized spacial score (nSPS) is 11.5. The van der Waals surface area contributed by atoms with Crippen LogP contribution in [0.4, 0.5) is 30.8 Å². The van der Waals surface area contributed by atoms with Gasteiger partial charge in [0.2, 0.25) is 11.9 Å². The number of hydrazone groups is 1. The Morgan fingerprint density at radius 3 is 2.08 bits per heavy atom. The second kappa shape index (κ2) is 11.0. The summed E-state index contributed by atoms with van der Waals surface area (Å²) in [5, 5.41) is 8.34. The first-order valence-corrected chi connectivity index (χ1v) is 11.2. The van der Waals surface area contributed by atoms with Crippen LogP contribution in [0.3, 0.4) is 0 Å². The van der Waals surface area contributed by atoms with Gasteiger partial charge in [-0.05, 0) is 66.2 Å². The molecular weight excluding hydrogens is 540 g/mol. The molecule has 0 bridgehead atoms. The van der Waals surface area contributed by atoms with E-state index < -0.39 is 6.36 Å². The largest absolute Gasteiger partial charge is 0.573 e. The first-order valence-electron chi connectivity index (χ1n) is 10.0. The fourth-order valence-electron chi connectivity index (χ4n) is 2.89. The van der Waals surface area contributed by atoms with Crippen LogP contribution in [0.1, 0.15) is 5.56 Å². The van der Waals surface area contributed by atoms with Gasteiger partial charge in [0.25, 0.3) is 0 Å². The van der Waals surface area contributed by atoms with Crippen molar-refractivity contribution in [1.82, 2.24) is 15.0 Å². The van der Waals surface area contributed by atoms with E-state index in [1.165, 1.54) is 30.5 Å². The number of hydrogen-bond acceptors (Lipinski definition) is 7. The summed E-state index contributed by atoms with van der Waals surface area (Å²) in [5.74, 6) is 0.0676. The summed E-state index contributed by atoms with van der Waals surface area (Å²) in [6, 6.07) is 17.0. The lowest BCUT2D eigenvalue weighted by Gasteiger charge is -2.11. The van der Waals surface area contributed by atoms with Gasteiger partial charge in [-0.1, -0.05) is 40.9 Å². The average molecular weight is 554 g/mol. The molecule has 0 atom stereocenters. The molecule has 1 aromatic heterocycles. The van der Waals surface area contributed by atoms with Gasteiger partial charge < -0.3 is 10.1 Å². The van der Waals surface area contributed by atoms with Crippen LogP contribution in [0.2, 0.25) is 15.1 Å². The minimum atomic E-state index is -4.77. The van der Waals surface area contributed by atoms with Crippen LogP contribution in [0.15, 0.2) is 71.8 Å². The van der Waals surface area contributed by atoms with Crippen molar-refractivity contribution in [3.05, 3.63) is 87.4 Å². The van der Waals surface area contributed by atoms with Gasteiger partial charge in [0.1, 0.15) is 5.75 Å². The molecule has 0 aliphatic carbocycles. The van der Waals surface area contributed by atoms with Crippen molar-refractivity contribution in [2.75, 3.05) is 10.7 Å². The first-order chi connectivity index (χ1) is 17.2. The van der Waals surface area contributed by atoms with E-state index >= 15 is 0 Å². The molecule has 0 amide bonds. The molecule has 0 saturated heterocycles. The highest BCUT2D eigenvalue weighted by atomic mass is 35.5. The fourth-order valence-corrected chi connectivity index (χ4v) is 3.58. The lowest BCUT2D eigenvalue weighted by atomic mass is 10.2. The third-order valence-electron chi connectivity index (χ3n) is 4.41. The van der Waals surface area contributed by atoms with Gasteiger partial charge in [-0.2, -0.15) is 20.1 Å². The molecule has 0 saturated carbocycles. The molecule has 0 fully saturated rings. The van der Waals surface area contributed by atoms with Crippen molar-refractivity contribution in [1.29, 1.82) is 0 Å². The van der Waals surface area contributed by atoms with Gasteiger partial charge in [0.05, 0.1) is 21.8 Å². The monoisotopic (exact) mass is 552 g/mol. The maximum atomic E-state index is 12.3. The Kier molecular flexibility index (Phi) is 7.78. The summed E-state index contributed by atoms with van der Waals surface area (Å²) < 4.78 is 40.8. The highest BCUT2D eigenvalue weighted by Crippen LogP contribution is 2.33. The van der Waals surface area contributed by atoms with Crippen LogP contribution in [-0.2, 0) is 0 Å². The van der Waals surface area contributed by atoms with E-state index in [2.05, 4.69) is 35.5 Å². The van der Waals surface area contributed by atoms with Crippen molar-refractivity contribution in [3.63, 3.8) is 0 Å². The third kappa shape index (κ3) is 6.97. The summed E-state index contributed by atoms with van der Waals surface area (Å²) in [5.41, 5.74) is 4.24. The summed E-state index contributed by atoms with van der Waals surface area (Å²) >= 11 is 18.6. The molecular formula is C23H14Cl3F3N6O. The molecule has 184 valence electrons. The van der Waals surface area contributed by atoms with E-state index in [0.717, 1.165) is 0 Å². The van der Waals surface area contributed by atoms with Crippen LogP contribution in [0, 0.1) is 0 Å². The van der Waals surface area contributed by atoms with E-state index in [4.69, 9.17) is 34.8 Å². The Bertz CT molecular complexity index is 1360. The molecule has 13 heteroatoms. The summed E-state index contributed by atoms with van der Waals surface area (Å²) in [6.07, 6.45) is -3.40. The quantitative estimate of drug-likeness (QED) is 0.181. The molecule has 0 spiro atoms. The number of nitrogens with one attached hydrogen (secondary N) is 2. The smallest absolute Gasteiger partial charge is 0.406 e. The zero-order valence-corrected chi connectivity index (χ0v) is 20.2. The average Bonchev–Trinajstić information content (AvgIpc) is 2.81. The van der Waals surface area contributed by atoms with Gasteiger partial charge in [-0.25, -0.2) is 5.43 Å². The van der Waals surface area contributed by atoms with Crippen LogP contribution in [-0.4, -0.2) is 27.5 Å². The van der Waals surface area contributed by atoms with Crippen molar-refractivity contribution in [2.45, 2.75) is 6.36 Å². The van der Waals surface area contributed by atoms with Gasteiger partial charge >= 0.3 is 6.36 Å². The Morgan fingerprint density at radius 2 is 1.44 bits per heavy atom. The Labute approximate surface area is 217 Å². The Hall–Kier alpha value is -3.60. The number of ether oxygens (including phenoxy) is 1. The molecule has 0 aliphatic rings. The number of halogens is 6. The summed E-state index contributed by atoms with van der Waals surface area (Å²) in [6.45, 7) is 0. The van der Waals surface area contributed by atoms with E-state index in [0.29, 0.717) is 31.9 Å². The Balaban J connectivity index is 1.60. The third-order valence-corrected chi connectivity index (χ3v) is 5.30.